The molecule has 0 unspecified atom stereocenters. The van der Waals surface area contributed by atoms with Gasteiger partial charge in [0, 0.05) is 5.56 Å². The van der Waals surface area contributed by atoms with E-state index in [0.717, 1.165) is 5.56 Å². The third-order valence-corrected chi connectivity index (χ3v) is 3.43. The van der Waals surface area contributed by atoms with Gasteiger partial charge in [-0.15, -0.1) is 0 Å². The minimum Gasteiger partial charge on any atom is -0.478 e. The van der Waals surface area contributed by atoms with Crippen molar-refractivity contribution in [3.8, 4) is 0 Å². The monoisotopic (exact) mass is 303 g/mol. The van der Waals surface area contributed by atoms with E-state index in [0.29, 0.717) is 12.0 Å². The van der Waals surface area contributed by atoms with Crippen molar-refractivity contribution in [3.63, 3.8) is 0 Å². The summed E-state index contributed by atoms with van der Waals surface area (Å²) < 4.78 is 0. The summed E-state index contributed by atoms with van der Waals surface area (Å²) in [5.74, 6) is -1.53. The molecule has 1 amide bonds. The molecule has 0 saturated carbocycles. The van der Waals surface area contributed by atoms with Crippen molar-refractivity contribution in [2.45, 2.75) is 13.3 Å². The van der Waals surface area contributed by atoms with E-state index in [2.05, 4.69) is 5.32 Å². The number of carbonyl (C=O) groups excluding carboxylic acids is 1. The number of rotatable bonds is 4. The fourth-order valence-electron chi connectivity index (χ4n) is 2.09. The van der Waals surface area contributed by atoms with Crippen molar-refractivity contribution >= 4 is 29.2 Å². The van der Waals surface area contributed by atoms with Crippen molar-refractivity contribution in [3.05, 3.63) is 64.2 Å². The number of amides is 1. The van der Waals surface area contributed by atoms with Crippen LogP contribution in [0, 0.1) is 0 Å². The molecule has 2 N–H and O–H groups in total. The summed E-state index contributed by atoms with van der Waals surface area (Å²) in [6.07, 6.45) is 0.713. The maximum atomic E-state index is 12.3. The second kappa shape index (κ2) is 6.41. The van der Waals surface area contributed by atoms with Crippen LogP contribution < -0.4 is 5.32 Å². The van der Waals surface area contributed by atoms with Crippen LogP contribution in [0.1, 0.15) is 33.2 Å². The van der Waals surface area contributed by atoms with Gasteiger partial charge in [-0.25, -0.2) is 4.79 Å². The number of carbonyl (C=O) groups is 2. The van der Waals surface area contributed by atoms with Crippen LogP contribution >= 0.6 is 11.6 Å². The van der Waals surface area contributed by atoms with Crippen LogP contribution in [0.4, 0.5) is 5.69 Å². The van der Waals surface area contributed by atoms with E-state index < -0.39 is 5.97 Å². The first kappa shape index (κ1) is 15.1. The molecule has 0 atom stereocenters. The number of halogens is 1. The standard InChI is InChI=1S/C16H14ClNO3/c1-2-10-6-3-4-7-11(10)15(19)18-13-9-5-8-12(17)14(13)16(20)21/h3-9H,2H2,1H3,(H,18,19)(H,20,21). The van der Waals surface area contributed by atoms with E-state index >= 15 is 0 Å². The van der Waals surface area contributed by atoms with Gasteiger partial charge in [-0.1, -0.05) is 42.8 Å². The molecule has 0 fully saturated rings. The van der Waals surface area contributed by atoms with Crippen LogP contribution in [-0.4, -0.2) is 17.0 Å². The van der Waals surface area contributed by atoms with Crippen molar-refractivity contribution in [2.24, 2.45) is 0 Å². The summed E-state index contributed by atoms with van der Waals surface area (Å²) in [5.41, 5.74) is 1.50. The summed E-state index contributed by atoms with van der Waals surface area (Å²) >= 11 is 5.88. The molecular weight excluding hydrogens is 290 g/mol. The Morgan fingerprint density at radius 3 is 2.52 bits per heavy atom. The highest BCUT2D eigenvalue weighted by Gasteiger charge is 2.17. The van der Waals surface area contributed by atoms with Gasteiger partial charge in [-0.3, -0.25) is 4.79 Å². The number of hydrogen-bond acceptors (Lipinski definition) is 2. The predicted octanol–water partition coefficient (Wildman–Crippen LogP) is 3.85. The lowest BCUT2D eigenvalue weighted by Crippen LogP contribution is -2.16. The largest absolute Gasteiger partial charge is 0.478 e. The molecule has 0 bridgehead atoms. The summed E-state index contributed by atoms with van der Waals surface area (Å²) in [6.45, 7) is 1.95. The van der Waals surface area contributed by atoms with E-state index in [1.807, 2.05) is 19.1 Å². The number of nitrogens with one attached hydrogen (secondary N) is 1. The molecule has 2 aromatic rings. The van der Waals surface area contributed by atoms with E-state index in [4.69, 9.17) is 11.6 Å². The second-order valence-electron chi connectivity index (χ2n) is 4.43. The number of benzene rings is 2. The molecule has 0 aliphatic heterocycles. The van der Waals surface area contributed by atoms with E-state index in [9.17, 15) is 14.7 Å². The van der Waals surface area contributed by atoms with E-state index in [1.165, 1.54) is 12.1 Å². The Morgan fingerprint density at radius 1 is 1.14 bits per heavy atom. The van der Waals surface area contributed by atoms with Crippen LogP contribution in [-0.2, 0) is 6.42 Å². The van der Waals surface area contributed by atoms with Crippen LogP contribution in [0.25, 0.3) is 0 Å². The quantitative estimate of drug-likeness (QED) is 0.901. The molecule has 2 rings (SSSR count). The minimum atomic E-state index is -1.18. The van der Waals surface area contributed by atoms with Gasteiger partial charge in [0.2, 0.25) is 0 Å². The molecule has 0 aromatic heterocycles. The maximum absolute atomic E-state index is 12.3. The fraction of sp³-hybridized carbons (Fsp3) is 0.125. The number of anilines is 1. The summed E-state index contributed by atoms with van der Waals surface area (Å²) in [6, 6.07) is 11.8. The molecule has 21 heavy (non-hydrogen) atoms. The van der Waals surface area contributed by atoms with Crippen LogP contribution in [0.5, 0.6) is 0 Å². The SMILES string of the molecule is CCc1ccccc1C(=O)Nc1cccc(Cl)c1C(=O)O. The van der Waals surface area contributed by atoms with Gasteiger partial charge >= 0.3 is 5.97 Å². The smallest absolute Gasteiger partial charge is 0.339 e. The van der Waals surface area contributed by atoms with Crippen LogP contribution in [0.3, 0.4) is 0 Å². The third kappa shape index (κ3) is 3.23. The van der Waals surface area contributed by atoms with Crippen molar-refractivity contribution in [1.82, 2.24) is 0 Å². The van der Waals surface area contributed by atoms with Gasteiger partial charge in [0.05, 0.1) is 10.7 Å². The number of carboxylic acid groups (broad SMARTS) is 1. The topological polar surface area (TPSA) is 66.4 Å². The van der Waals surface area contributed by atoms with Crippen LogP contribution in [0.2, 0.25) is 5.02 Å². The number of aromatic carboxylic acids is 1. The second-order valence-corrected chi connectivity index (χ2v) is 4.84. The lowest BCUT2D eigenvalue weighted by Gasteiger charge is -2.11. The Bertz CT molecular complexity index is 698. The Labute approximate surface area is 127 Å². The first-order chi connectivity index (χ1) is 10.0. The summed E-state index contributed by atoms with van der Waals surface area (Å²) in [7, 11) is 0. The number of aryl methyl sites for hydroxylation is 1. The Balaban J connectivity index is 2.37. The zero-order valence-electron chi connectivity index (χ0n) is 11.4. The molecule has 0 radical (unpaired) electrons. The van der Waals surface area contributed by atoms with E-state index in [1.54, 1.807) is 18.2 Å². The lowest BCUT2D eigenvalue weighted by molar-refractivity contribution is 0.0698. The fourth-order valence-corrected chi connectivity index (χ4v) is 2.34. The van der Waals surface area contributed by atoms with Gasteiger partial charge in [-0.05, 0) is 30.2 Å². The number of carboxylic acids is 1. The molecule has 0 aliphatic rings. The van der Waals surface area contributed by atoms with E-state index in [-0.39, 0.29) is 22.2 Å². The molecule has 2 aromatic carbocycles. The highest BCUT2D eigenvalue weighted by molar-refractivity contribution is 6.34. The molecule has 0 heterocycles. The van der Waals surface area contributed by atoms with Crippen molar-refractivity contribution in [2.75, 3.05) is 5.32 Å². The first-order valence-electron chi connectivity index (χ1n) is 6.45. The Morgan fingerprint density at radius 2 is 1.86 bits per heavy atom. The molecule has 108 valence electrons. The van der Waals surface area contributed by atoms with Gasteiger partial charge in [0.25, 0.3) is 5.91 Å². The molecule has 0 spiro atoms. The average Bonchev–Trinajstić information content (AvgIpc) is 2.46. The molecule has 0 aliphatic carbocycles. The van der Waals surface area contributed by atoms with Crippen molar-refractivity contribution < 1.29 is 14.7 Å². The lowest BCUT2D eigenvalue weighted by atomic mass is 10.0. The third-order valence-electron chi connectivity index (χ3n) is 3.12. The van der Waals surface area contributed by atoms with Gasteiger partial charge in [0.15, 0.2) is 0 Å². The summed E-state index contributed by atoms with van der Waals surface area (Å²) in [4.78, 5) is 23.6. The zero-order chi connectivity index (χ0) is 15.4. The van der Waals surface area contributed by atoms with Gasteiger partial charge < -0.3 is 10.4 Å². The normalized spacial score (nSPS) is 10.2. The Hall–Kier alpha value is -2.33. The highest BCUT2D eigenvalue weighted by atomic mass is 35.5. The molecule has 5 heteroatoms. The molecule has 4 nitrogen and oxygen atoms in total. The number of hydrogen-bond donors (Lipinski definition) is 2. The molecular formula is C16H14ClNO3. The zero-order valence-corrected chi connectivity index (χ0v) is 12.1. The molecule has 0 saturated heterocycles. The van der Waals surface area contributed by atoms with Crippen molar-refractivity contribution in [1.29, 1.82) is 0 Å². The first-order valence-corrected chi connectivity index (χ1v) is 6.83. The average molecular weight is 304 g/mol. The van der Waals surface area contributed by atoms with Crippen LogP contribution in [0.15, 0.2) is 42.5 Å². The maximum Gasteiger partial charge on any atom is 0.339 e. The predicted molar refractivity (Wildman–Crippen MR) is 82.2 cm³/mol. The van der Waals surface area contributed by atoms with Gasteiger partial charge in [0.1, 0.15) is 5.56 Å². The Kier molecular flexibility index (Phi) is 4.60. The highest BCUT2D eigenvalue weighted by Crippen LogP contribution is 2.25. The van der Waals surface area contributed by atoms with Gasteiger partial charge in [-0.2, -0.15) is 0 Å². The summed E-state index contributed by atoms with van der Waals surface area (Å²) in [5, 5.41) is 11.9. The minimum absolute atomic E-state index is 0.0871.